The molecule has 0 radical (unpaired) electrons. The van der Waals surface area contributed by atoms with Gasteiger partial charge in [-0.3, -0.25) is 9.67 Å². The van der Waals surface area contributed by atoms with Crippen molar-refractivity contribution in [3.05, 3.63) is 42.0 Å². The summed E-state index contributed by atoms with van der Waals surface area (Å²) in [6.07, 6.45) is 5.77. The van der Waals surface area contributed by atoms with Crippen LogP contribution in [0.3, 0.4) is 0 Å². The van der Waals surface area contributed by atoms with E-state index in [0.717, 1.165) is 18.5 Å². The molecule has 2 rings (SSSR count). The summed E-state index contributed by atoms with van der Waals surface area (Å²) in [5, 5.41) is 13.5. The maximum absolute atomic E-state index is 8.92. The first-order chi connectivity index (χ1) is 9.76. The third kappa shape index (κ3) is 3.57. The van der Waals surface area contributed by atoms with Crippen LogP contribution in [0.1, 0.15) is 44.1 Å². The van der Waals surface area contributed by atoms with E-state index in [0.29, 0.717) is 24.1 Å². The van der Waals surface area contributed by atoms with Gasteiger partial charge in [-0.15, -0.1) is 0 Å². The van der Waals surface area contributed by atoms with Gasteiger partial charge in [-0.25, -0.2) is 0 Å². The van der Waals surface area contributed by atoms with Crippen molar-refractivity contribution in [1.29, 1.82) is 0 Å². The van der Waals surface area contributed by atoms with Crippen LogP contribution in [0.15, 0.2) is 30.6 Å². The summed E-state index contributed by atoms with van der Waals surface area (Å²) in [5.41, 5.74) is 1.54. The van der Waals surface area contributed by atoms with Gasteiger partial charge < -0.3 is 9.84 Å². The summed E-state index contributed by atoms with van der Waals surface area (Å²) in [5.74, 6) is 0.680. The molecule has 2 heterocycles. The van der Waals surface area contributed by atoms with E-state index in [4.69, 9.17) is 9.84 Å². The zero-order valence-electron chi connectivity index (χ0n) is 12.0. The van der Waals surface area contributed by atoms with Gasteiger partial charge in [0.05, 0.1) is 30.2 Å². The zero-order chi connectivity index (χ0) is 14.4. The summed E-state index contributed by atoms with van der Waals surface area (Å²) in [6, 6.07) is 5.98. The van der Waals surface area contributed by atoms with Gasteiger partial charge in [0.15, 0.2) is 0 Å². The average Bonchev–Trinajstić information content (AvgIpc) is 2.96. The van der Waals surface area contributed by atoms with Gasteiger partial charge in [-0.2, -0.15) is 5.10 Å². The second kappa shape index (κ2) is 7.05. The molecule has 2 aromatic rings. The van der Waals surface area contributed by atoms with Crippen molar-refractivity contribution in [3.8, 4) is 5.75 Å². The molecule has 0 saturated carbocycles. The molecular weight excluding hydrogens is 254 g/mol. The number of hydrogen-bond acceptors (Lipinski definition) is 4. The average molecular weight is 275 g/mol. The Morgan fingerprint density at radius 1 is 1.20 bits per heavy atom. The number of rotatable bonds is 7. The smallest absolute Gasteiger partial charge is 0.138 e. The minimum atomic E-state index is -0.0554. The SMILES string of the molecule is CCC(CC)n1ccc(COc2ccc(CO)nc2)n1. The van der Waals surface area contributed by atoms with Crippen LogP contribution in [0, 0.1) is 0 Å². The molecule has 0 amide bonds. The van der Waals surface area contributed by atoms with Crippen LogP contribution in [0.5, 0.6) is 5.75 Å². The van der Waals surface area contributed by atoms with Crippen LogP contribution in [0.2, 0.25) is 0 Å². The molecule has 0 aliphatic carbocycles. The van der Waals surface area contributed by atoms with E-state index in [1.807, 2.05) is 16.9 Å². The Bertz CT molecular complexity index is 518. The van der Waals surface area contributed by atoms with E-state index in [9.17, 15) is 0 Å². The molecular formula is C15H21N3O2. The molecule has 0 fully saturated rings. The van der Waals surface area contributed by atoms with Crippen LogP contribution in [0.4, 0.5) is 0 Å². The fourth-order valence-corrected chi connectivity index (χ4v) is 2.07. The highest BCUT2D eigenvalue weighted by molar-refractivity contribution is 5.19. The van der Waals surface area contributed by atoms with E-state index in [2.05, 4.69) is 23.9 Å². The number of aromatic nitrogens is 3. The summed E-state index contributed by atoms with van der Waals surface area (Å²) in [4.78, 5) is 4.07. The van der Waals surface area contributed by atoms with Gasteiger partial charge in [0.1, 0.15) is 12.4 Å². The highest BCUT2D eigenvalue weighted by Crippen LogP contribution is 2.16. The van der Waals surface area contributed by atoms with Crippen molar-refractivity contribution < 1.29 is 9.84 Å². The number of nitrogens with zero attached hydrogens (tertiary/aromatic N) is 3. The maximum atomic E-state index is 8.92. The zero-order valence-corrected chi connectivity index (χ0v) is 12.0. The fourth-order valence-electron chi connectivity index (χ4n) is 2.07. The Morgan fingerprint density at radius 3 is 2.60 bits per heavy atom. The molecule has 0 saturated heterocycles. The Balaban J connectivity index is 1.93. The van der Waals surface area contributed by atoms with Crippen LogP contribution < -0.4 is 4.74 Å². The Kier molecular flexibility index (Phi) is 5.12. The summed E-state index contributed by atoms with van der Waals surface area (Å²) in [6.45, 7) is 4.70. The third-order valence-corrected chi connectivity index (χ3v) is 3.33. The van der Waals surface area contributed by atoms with Crippen molar-refractivity contribution in [1.82, 2.24) is 14.8 Å². The molecule has 5 nitrogen and oxygen atoms in total. The lowest BCUT2D eigenvalue weighted by atomic mass is 10.2. The number of pyridine rings is 1. The molecule has 2 aromatic heterocycles. The minimum Gasteiger partial charge on any atom is -0.486 e. The number of aliphatic hydroxyl groups excluding tert-OH is 1. The fraction of sp³-hybridized carbons (Fsp3) is 0.467. The highest BCUT2D eigenvalue weighted by Gasteiger charge is 2.08. The maximum Gasteiger partial charge on any atom is 0.138 e. The van der Waals surface area contributed by atoms with Crippen molar-refractivity contribution >= 4 is 0 Å². The van der Waals surface area contributed by atoms with Crippen LogP contribution >= 0.6 is 0 Å². The molecule has 0 aliphatic rings. The monoisotopic (exact) mass is 275 g/mol. The number of ether oxygens (including phenoxy) is 1. The molecule has 0 spiro atoms. The molecule has 20 heavy (non-hydrogen) atoms. The normalized spacial score (nSPS) is 11.0. The molecule has 0 bridgehead atoms. The molecule has 5 heteroatoms. The second-order valence-corrected chi connectivity index (χ2v) is 4.69. The van der Waals surface area contributed by atoms with E-state index >= 15 is 0 Å². The summed E-state index contributed by atoms with van der Waals surface area (Å²) < 4.78 is 7.64. The highest BCUT2D eigenvalue weighted by atomic mass is 16.5. The lowest BCUT2D eigenvalue weighted by molar-refractivity contribution is 0.274. The predicted octanol–water partition coefficient (Wildman–Crippen LogP) is 2.71. The van der Waals surface area contributed by atoms with Gasteiger partial charge in [-0.05, 0) is 31.0 Å². The number of hydrogen-bond donors (Lipinski definition) is 1. The molecule has 108 valence electrons. The van der Waals surface area contributed by atoms with Crippen molar-refractivity contribution in [2.45, 2.75) is 45.9 Å². The van der Waals surface area contributed by atoms with E-state index < -0.39 is 0 Å². The summed E-state index contributed by atoms with van der Waals surface area (Å²) >= 11 is 0. The van der Waals surface area contributed by atoms with Crippen molar-refractivity contribution in [2.75, 3.05) is 0 Å². The molecule has 0 aliphatic heterocycles. The Morgan fingerprint density at radius 2 is 2.00 bits per heavy atom. The minimum absolute atomic E-state index is 0.0554. The van der Waals surface area contributed by atoms with Gasteiger partial charge in [0.2, 0.25) is 0 Å². The Hall–Kier alpha value is -1.88. The quantitative estimate of drug-likeness (QED) is 0.844. The lowest BCUT2D eigenvalue weighted by Gasteiger charge is -2.12. The largest absolute Gasteiger partial charge is 0.486 e. The summed E-state index contributed by atoms with van der Waals surface area (Å²) in [7, 11) is 0. The predicted molar refractivity (Wildman–Crippen MR) is 76.3 cm³/mol. The topological polar surface area (TPSA) is 60.2 Å². The first-order valence-electron chi connectivity index (χ1n) is 6.99. The van der Waals surface area contributed by atoms with E-state index in [1.165, 1.54) is 0 Å². The van der Waals surface area contributed by atoms with E-state index in [-0.39, 0.29) is 6.61 Å². The van der Waals surface area contributed by atoms with Gasteiger partial charge >= 0.3 is 0 Å². The lowest BCUT2D eigenvalue weighted by Crippen LogP contribution is -2.08. The van der Waals surface area contributed by atoms with Crippen LogP contribution in [0.25, 0.3) is 0 Å². The molecule has 0 atom stereocenters. The Labute approximate surface area is 119 Å². The van der Waals surface area contributed by atoms with Crippen molar-refractivity contribution in [3.63, 3.8) is 0 Å². The van der Waals surface area contributed by atoms with Gasteiger partial charge in [-0.1, -0.05) is 13.8 Å². The number of aliphatic hydroxyl groups is 1. The van der Waals surface area contributed by atoms with Crippen molar-refractivity contribution in [2.24, 2.45) is 0 Å². The van der Waals surface area contributed by atoms with Crippen LogP contribution in [-0.2, 0) is 13.2 Å². The molecule has 0 unspecified atom stereocenters. The standard InChI is InChI=1S/C15H21N3O2/c1-3-14(4-2)18-8-7-13(17-18)11-20-15-6-5-12(10-19)16-9-15/h5-9,14,19H,3-4,10-11H2,1-2H3. The third-order valence-electron chi connectivity index (χ3n) is 3.33. The first-order valence-corrected chi connectivity index (χ1v) is 6.99. The molecule has 1 N–H and O–H groups in total. The second-order valence-electron chi connectivity index (χ2n) is 4.69. The molecule has 0 aromatic carbocycles. The van der Waals surface area contributed by atoms with Crippen LogP contribution in [-0.4, -0.2) is 19.9 Å². The first kappa shape index (κ1) is 14.5. The van der Waals surface area contributed by atoms with E-state index in [1.54, 1.807) is 18.3 Å². The van der Waals surface area contributed by atoms with Gasteiger partial charge in [0, 0.05) is 6.20 Å². The van der Waals surface area contributed by atoms with Gasteiger partial charge in [0.25, 0.3) is 0 Å².